The van der Waals surface area contributed by atoms with E-state index in [-0.39, 0.29) is 11.6 Å². The van der Waals surface area contributed by atoms with E-state index in [0.717, 1.165) is 0 Å². The lowest BCUT2D eigenvalue weighted by Gasteiger charge is -2.13. The van der Waals surface area contributed by atoms with Gasteiger partial charge in [-0.25, -0.2) is 0 Å². The number of hydrogen-bond donors (Lipinski definition) is 3. The molecule has 4 N–H and O–H groups in total. The fourth-order valence-electron chi connectivity index (χ4n) is 1.55. The van der Waals surface area contributed by atoms with Crippen LogP contribution in [0, 0.1) is 5.92 Å². The van der Waals surface area contributed by atoms with Crippen LogP contribution < -0.4 is 15.8 Å². The van der Waals surface area contributed by atoms with Crippen molar-refractivity contribution in [3.63, 3.8) is 0 Å². The Balaban J connectivity index is 2.70. The first-order chi connectivity index (χ1) is 9.47. The molecule has 0 aliphatic rings. The molecule has 0 saturated heterocycles. The molecule has 0 aliphatic carbocycles. The average molecular weight is 287 g/mol. The van der Waals surface area contributed by atoms with Gasteiger partial charge >= 0.3 is 6.61 Å². The second-order valence-electron chi connectivity index (χ2n) is 3.88. The van der Waals surface area contributed by atoms with Crippen LogP contribution in [-0.2, 0) is 4.79 Å². The highest BCUT2D eigenvalue weighted by Gasteiger charge is 2.21. The van der Waals surface area contributed by atoms with E-state index in [1.165, 1.54) is 24.3 Å². The second kappa shape index (κ2) is 7.27. The average Bonchev–Trinajstić information content (AvgIpc) is 2.41. The van der Waals surface area contributed by atoms with Crippen LogP contribution in [0.1, 0.15) is 13.3 Å². The molecular weight excluding hydrogens is 272 g/mol. The zero-order valence-electron chi connectivity index (χ0n) is 10.7. The van der Waals surface area contributed by atoms with Crippen molar-refractivity contribution in [2.45, 2.75) is 20.0 Å². The number of carbonyl (C=O) groups excluding carboxylic acids is 1. The summed E-state index contributed by atoms with van der Waals surface area (Å²) in [6.45, 7) is -1.19. The number of amidine groups is 1. The predicted molar refractivity (Wildman–Crippen MR) is 68.9 cm³/mol. The molecule has 0 radical (unpaired) electrons. The van der Waals surface area contributed by atoms with Gasteiger partial charge in [0.2, 0.25) is 5.91 Å². The first-order valence-corrected chi connectivity index (χ1v) is 5.81. The van der Waals surface area contributed by atoms with Gasteiger partial charge in [-0.1, -0.05) is 12.1 Å². The number of rotatable bonds is 6. The summed E-state index contributed by atoms with van der Waals surface area (Å²) in [7, 11) is 0. The monoisotopic (exact) mass is 287 g/mol. The molecule has 0 spiro atoms. The Labute approximate surface area is 114 Å². The molecule has 8 heteroatoms. The molecule has 110 valence electrons. The summed E-state index contributed by atoms with van der Waals surface area (Å²) in [4.78, 5) is 11.9. The van der Waals surface area contributed by atoms with Gasteiger partial charge in [0.1, 0.15) is 5.75 Å². The van der Waals surface area contributed by atoms with E-state index in [9.17, 15) is 13.6 Å². The van der Waals surface area contributed by atoms with Crippen LogP contribution in [0.2, 0.25) is 0 Å². The molecule has 1 atom stereocenters. The van der Waals surface area contributed by atoms with Crippen LogP contribution >= 0.6 is 0 Å². The van der Waals surface area contributed by atoms with Crippen molar-refractivity contribution in [2.75, 3.05) is 5.32 Å². The molecule has 1 amide bonds. The van der Waals surface area contributed by atoms with Crippen LogP contribution in [0.3, 0.4) is 0 Å². The number of ether oxygens (including phenoxy) is 1. The van der Waals surface area contributed by atoms with Crippen molar-refractivity contribution < 1.29 is 23.5 Å². The third kappa shape index (κ3) is 4.38. The second-order valence-corrected chi connectivity index (χ2v) is 3.88. The molecule has 1 aromatic rings. The first-order valence-electron chi connectivity index (χ1n) is 5.81. The Morgan fingerprint density at radius 2 is 2.05 bits per heavy atom. The SMILES string of the molecule is CCC(C(=O)Nc1ccc(OC(F)F)cc1)C(N)=NO. The van der Waals surface area contributed by atoms with Crippen molar-refractivity contribution in [2.24, 2.45) is 16.8 Å². The van der Waals surface area contributed by atoms with Gasteiger partial charge in [0.05, 0.1) is 5.92 Å². The zero-order chi connectivity index (χ0) is 15.1. The highest BCUT2D eigenvalue weighted by atomic mass is 19.3. The quantitative estimate of drug-likeness (QED) is 0.322. The van der Waals surface area contributed by atoms with Crippen LogP contribution in [0.5, 0.6) is 5.75 Å². The molecule has 0 aromatic heterocycles. The lowest BCUT2D eigenvalue weighted by atomic mass is 10.0. The summed E-state index contributed by atoms with van der Waals surface area (Å²) >= 11 is 0. The molecule has 6 nitrogen and oxygen atoms in total. The topological polar surface area (TPSA) is 96.9 Å². The number of nitrogens with two attached hydrogens (primary N) is 1. The van der Waals surface area contributed by atoms with E-state index in [0.29, 0.717) is 12.1 Å². The minimum Gasteiger partial charge on any atom is -0.435 e. The van der Waals surface area contributed by atoms with Gasteiger partial charge in [0, 0.05) is 5.69 Å². The van der Waals surface area contributed by atoms with E-state index in [1.54, 1.807) is 6.92 Å². The Morgan fingerprint density at radius 1 is 1.45 bits per heavy atom. The molecule has 0 bridgehead atoms. The summed E-state index contributed by atoms with van der Waals surface area (Å²) in [5, 5.41) is 13.9. The van der Waals surface area contributed by atoms with Gasteiger partial charge in [0.15, 0.2) is 5.84 Å². The molecule has 0 heterocycles. The van der Waals surface area contributed by atoms with E-state index in [2.05, 4.69) is 15.2 Å². The first kappa shape index (κ1) is 15.7. The largest absolute Gasteiger partial charge is 0.435 e. The summed E-state index contributed by atoms with van der Waals surface area (Å²) in [5.74, 6) is -1.42. The van der Waals surface area contributed by atoms with Gasteiger partial charge < -0.3 is 21.0 Å². The van der Waals surface area contributed by atoms with Crippen LogP contribution in [0.25, 0.3) is 0 Å². The van der Waals surface area contributed by atoms with E-state index < -0.39 is 18.4 Å². The number of hydrogen-bond acceptors (Lipinski definition) is 4. The third-order valence-corrected chi connectivity index (χ3v) is 2.54. The van der Waals surface area contributed by atoms with E-state index in [4.69, 9.17) is 10.9 Å². The number of nitrogens with zero attached hydrogens (tertiary/aromatic N) is 1. The number of amides is 1. The highest BCUT2D eigenvalue weighted by Crippen LogP contribution is 2.18. The smallest absolute Gasteiger partial charge is 0.387 e. The van der Waals surface area contributed by atoms with Gasteiger partial charge in [-0.3, -0.25) is 4.79 Å². The Morgan fingerprint density at radius 3 is 2.50 bits per heavy atom. The molecule has 1 unspecified atom stereocenters. The van der Waals surface area contributed by atoms with Crippen molar-refractivity contribution in [1.82, 2.24) is 0 Å². The van der Waals surface area contributed by atoms with Crippen LogP contribution in [-0.4, -0.2) is 23.6 Å². The third-order valence-electron chi connectivity index (χ3n) is 2.54. The minimum absolute atomic E-state index is 0.0125. The van der Waals surface area contributed by atoms with Gasteiger partial charge in [-0.15, -0.1) is 0 Å². The van der Waals surface area contributed by atoms with Gasteiger partial charge in [-0.2, -0.15) is 8.78 Å². The fourth-order valence-corrected chi connectivity index (χ4v) is 1.55. The number of alkyl halides is 2. The maximum Gasteiger partial charge on any atom is 0.387 e. The zero-order valence-corrected chi connectivity index (χ0v) is 10.7. The molecule has 1 aromatic carbocycles. The summed E-state index contributed by atoms with van der Waals surface area (Å²) in [5.41, 5.74) is 5.79. The molecule has 0 fully saturated rings. The van der Waals surface area contributed by atoms with E-state index >= 15 is 0 Å². The summed E-state index contributed by atoms with van der Waals surface area (Å²) in [6, 6.07) is 5.42. The van der Waals surface area contributed by atoms with Crippen molar-refractivity contribution in [3.05, 3.63) is 24.3 Å². The summed E-state index contributed by atoms with van der Waals surface area (Å²) < 4.78 is 28.1. The van der Waals surface area contributed by atoms with Crippen molar-refractivity contribution >= 4 is 17.4 Å². The Hall–Kier alpha value is -2.38. The van der Waals surface area contributed by atoms with Gasteiger partial charge in [-0.05, 0) is 30.7 Å². The molecule has 0 aliphatic heterocycles. The number of benzene rings is 1. The number of anilines is 1. The Bertz CT molecular complexity index is 477. The molecule has 1 rings (SSSR count). The van der Waals surface area contributed by atoms with Crippen molar-refractivity contribution in [3.8, 4) is 5.75 Å². The normalized spacial score (nSPS) is 13.1. The van der Waals surface area contributed by atoms with Crippen LogP contribution in [0.4, 0.5) is 14.5 Å². The highest BCUT2D eigenvalue weighted by molar-refractivity contribution is 6.07. The number of nitrogens with one attached hydrogen (secondary N) is 1. The number of oxime groups is 1. The lowest BCUT2D eigenvalue weighted by molar-refractivity contribution is -0.118. The van der Waals surface area contributed by atoms with Crippen molar-refractivity contribution in [1.29, 1.82) is 0 Å². The Kier molecular flexibility index (Phi) is 5.70. The van der Waals surface area contributed by atoms with Crippen LogP contribution in [0.15, 0.2) is 29.4 Å². The molecule has 20 heavy (non-hydrogen) atoms. The van der Waals surface area contributed by atoms with E-state index in [1.807, 2.05) is 0 Å². The summed E-state index contributed by atoms with van der Waals surface area (Å²) in [6.07, 6.45) is 0.355. The predicted octanol–water partition coefficient (Wildman–Crippen LogP) is 2.00. The number of halogens is 2. The lowest BCUT2D eigenvalue weighted by Crippen LogP contribution is -2.34. The maximum absolute atomic E-state index is 12.0. The van der Waals surface area contributed by atoms with Gasteiger partial charge in [0.25, 0.3) is 0 Å². The standard InChI is InChI=1S/C12H15F2N3O3/c1-2-9(10(15)17-19)11(18)16-7-3-5-8(6-4-7)20-12(13)14/h3-6,9,12,19H,2H2,1H3,(H2,15,17)(H,16,18). The minimum atomic E-state index is -2.90. The molecule has 0 saturated carbocycles. The molecular formula is C12H15F2N3O3. The fraction of sp³-hybridized carbons (Fsp3) is 0.333. The number of carbonyl (C=O) groups is 1. The maximum atomic E-state index is 12.0.